The fraction of sp³-hybridized carbons (Fsp3) is 0.174. The Kier molecular flexibility index (Phi) is 7.25. The number of rotatable bonds is 8. The van der Waals surface area contributed by atoms with Gasteiger partial charge in [-0.25, -0.2) is 9.18 Å². The van der Waals surface area contributed by atoms with Gasteiger partial charge in [0.1, 0.15) is 12.4 Å². The molecule has 0 fully saturated rings. The molecule has 0 aliphatic heterocycles. The summed E-state index contributed by atoms with van der Waals surface area (Å²) in [7, 11) is 1.52. The van der Waals surface area contributed by atoms with Gasteiger partial charge in [0, 0.05) is 28.9 Å². The van der Waals surface area contributed by atoms with Gasteiger partial charge in [-0.1, -0.05) is 29.3 Å². The van der Waals surface area contributed by atoms with Crippen molar-refractivity contribution < 1.29 is 23.8 Å². The Morgan fingerprint density at radius 1 is 1.03 bits per heavy atom. The van der Waals surface area contributed by atoms with Gasteiger partial charge in [-0.05, 0) is 54.4 Å². The topological polar surface area (TPSA) is 67.8 Å². The van der Waals surface area contributed by atoms with E-state index in [1.807, 2.05) is 6.92 Å². The van der Waals surface area contributed by atoms with Gasteiger partial charge in [-0.2, -0.15) is 0 Å². The minimum Gasteiger partial charge on any atom is -0.493 e. The number of carboxylic acid groups (broad SMARTS) is 1. The van der Waals surface area contributed by atoms with Crippen LogP contribution in [0.4, 0.5) is 10.1 Å². The quantitative estimate of drug-likeness (QED) is 0.407. The fourth-order valence-electron chi connectivity index (χ4n) is 2.96. The molecule has 0 saturated heterocycles. The normalized spacial score (nSPS) is 10.6. The molecule has 0 unspecified atom stereocenters. The zero-order valence-electron chi connectivity index (χ0n) is 16.8. The Balaban J connectivity index is 1.74. The van der Waals surface area contributed by atoms with Crippen LogP contribution in [0, 0.1) is 12.7 Å². The van der Waals surface area contributed by atoms with E-state index in [1.165, 1.54) is 25.3 Å². The molecule has 0 aliphatic carbocycles. The van der Waals surface area contributed by atoms with E-state index in [1.54, 1.807) is 30.3 Å². The van der Waals surface area contributed by atoms with Crippen molar-refractivity contribution in [3.05, 3.63) is 86.6 Å². The van der Waals surface area contributed by atoms with E-state index in [9.17, 15) is 9.18 Å². The van der Waals surface area contributed by atoms with Crippen LogP contribution in [0.5, 0.6) is 11.5 Å². The number of hydrogen-bond acceptors (Lipinski definition) is 4. The average molecular weight is 464 g/mol. The number of hydrogen-bond donors (Lipinski definition) is 2. The van der Waals surface area contributed by atoms with Gasteiger partial charge >= 0.3 is 5.97 Å². The lowest BCUT2D eigenvalue weighted by molar-refractivity contribution is 0.0697. The highest BCUT2D eigenvalue weighted by Gasteiger charge is 2.13. The second-order valence-electron chi connectivity index (χ2n) is 6.81. The minimum absolute atomic E-state index is 0.124. The van der Waals surface area contributed by atoms with Crippen LogP contribution in [0.1, 0.15) is 27.0 Å². The van der Waals surface area contributed by atoms with Gasteiger partial charge in [0.2, 0.25) is 0 Å². The SMILES string of the molecule is COc1cc(CNc2ccc(C(=O)O)cc2C)c(Cl)cc1OCc1ccc(F)cc1Cl. The average Bonchev–Trinajstić information content (AvgIpc) is 2.73. The van der Waals surface area contributed by atoms with E-state index >= 15 is 0 Å². The molecule has 0 bridgehead atoms. The Morgan fingerprint density at radius 3 is 2.42 bits per heavy atom. The maximum atomic E-state index is 13.2. The van der Waals surface area contributed by atoms with Crippen molar-refractivity contribution in [1.29, 1.82) is 0 Å². The zero-order chi connectivity index (χ0) is 22.5. The molecular formula is C23H20Cl2FNO4. The first-order chi connectivity index (χ1) is 14.8. The summed E-state index contributed by atoms with van der Waals surface area (Å²) in [5.74, 6) is -0.477. The zero-order valence-corrected chi connectivity index (χ0v) is 18.4. The third kappa shape index (κ3) is 5.60. The highest BCUT2D eigenvalue weighted by Crippen LogP contribution is 2.35. The summed E-state index contributed by atoms with van der Waals surface area (Å²) >= 11 is 12.5. The van der Waals surface area contributed by atoms with Gasteiger partial charge < -0.3 is 19.9 Å². The number of aromatic carboxylic acids is 1. The molecule has 0 aliphatic rings. The molecule has 0 atom stereocenters. The van der Waals surface area contributed by atoms with Gasteiger partial charge in [-0.15, -0.1) is 0 Å². The molecule has 31 heavy (non-hydrogen) atoms. The molecule has 162 valence electrons. The standard InChI is InChI=1S/C23H20Cl2FNO4/c1-13-7-14(23(28)29)4-6-20(13)27-11-16-8-21(30-2)22(10-19(16)25)31-12-15-3-5-17(26)9-18(15)24/h3-10,27H,11-12H2,1-2H3,(H,28,29). The number of benzene rings is 3. The summed E-state index contributed by atoms with van der Waals surface area (Å²) in [6, 6.07) is 12.4. The lowest BCUT2D eigenvalue weighted by Gasteiger charge is -2.16. The number of carbonyl (C=O) groups is 1. The highest BCUT2D eigenvalue weighted by molar-refractivity contribution is 6.31. The van der Waals surface area contributed by atoms with E-state index in [0.29, 0.717) is 28.6 Å². The summed E-state index contributed by atoms with van der Waals surface area (Å²) in [6.07, 6.45) is 0. The largest absolute Gasteiger partial charge is 0.493 e. The molecule has 2 N–H and O–H groups in total. The molecule has 0 amide bonds. The van der Waals surface area contributed by atoms with Crippen molar-refractivity contribution in [2.75, 3.05) is 12.4 Å². The van der Waals surface area contributed by atoms with E-state index in [2.05, 4.69) is 5.32 Å². The molecule has 3 rings (SSSR count). The Labute approximate surface area is 189 Å². The summed E-state index contributed by atoms with van der Waals surface area (Å²) in [5, 5.41) is 13.1. The third-order valence-corrected chi connectivity index (χ3v) is 5.38. The maximum Gasteiger partial charge on any atom is 0.335 e. The maximum absolute atomic E-state index is 13.2. The molecule has 0 heterocycles. The summed E-state index contributed by atoms with van der Waals surface area (Å²) in [4.78, 5) is 11.1. The van der Waals surface area contributed by atoms with Crippen LogP contribution in [-0.4, -0.2) is 18.2 Å². The summed E-state index contributed by atoms with van der Waals surface area (Å²) < 4.78 is 24.4. The van der Waals surface area contributed by atoms with Crippen molar-refractivity contribution in [2.24, 2.45) is 0 Å². The van der Waals surface area contributed by atoms with E-state index < -0.39 is 11.8 Å². The first-order valence-corrected chi connectivity index (χ1v) is 10.0. The van der Waals surface area contributed by atoms with Gasteiger partial charge in [0.15, 0.2) is 11.5 Å². The van der Waals surface area contributed by atoms with E-state index in [0.717, 1.165) is 16.8 Å². The molecular weight excluding hydrogens is 444 g/mol. The van der Waals surface area contributed by atoms with E-state index in [4.69, 9.17) is 37.8 Å². The molecule has 3 aromatic carbocycles. The molecule has 0 saturated carbocycles. The van der Waals surface area contributed by atoms with Crippen molar-refractivity contribution >= 4 is 34.9 Å². The molecule has 8 heteroatoms. The number of halogens is 3. The van der Waals surface area contributed by atoms with Crippen LogP contribution >= 0.6 is 23.2 Å². The van der Waals surface area contributed by atoms with Crippen LogP contribution in [0.25, 0.3) is 0 Å². The first-order valence-electron chi connectivity index (χ1n) is 9.29. The number of aryl methyl sites for hydroxylation is 1. The lowest BCUT2D eigenvalue weighted by atomic mass is 10.1. The number of ether oxygens (including phenoxy) is 2. The number of methoxy groups -OCH3 is 1. The third-order valence-electron chi connectivity index (χ3n) is 4.67. The number of carboxylic acids is 1. The second kappa shape index (κ2) is 9.90. The Hall–Kier alpha value is -2.96. The van der Waals surface area contributed by atoms with Gasteiger partial charge in [0.05, 0.1) is 17.7 Å². The predicted molar refractivity (Wildman–Crippen MR) is 119 cm³/mol. The number of nitrogens with one attached hydrogen (secondary N) is 1. The lowest BCUT2D eigenvalue weighted by Crippen LogP contribution is -2.05. The Bertz CT molecular complexity index is 1120. The van der Waals surface area contributed by atoms with Crippen LogP contribution in [0.2, 0.25) is 10.0 Å². The van der Waals surface area contributed by atoms with E-state index in [-0.39, 0.29) is 17.2 Å². The fourth-order valence-corrected chi connectivity index (χ4v) is 3.41. The van der Waals surface area contributed by atoms with Crippen molar-refractivity contribution in [3.63, 3.8) is 0 Å². The predicted octanol–water partition coefficient (Wildman–Crippen LogP) is 6.34. The van der Waals surface area contributed by atoms with Crippen molar-refractivity contribution in [3.8, 4) is 11.5 Å². The highest BCUT2D eigenvalue weighted by atomic mass is 35.5. The number of anilines is 1. The van der Waals surface area contributed by atoms with Crippen molar-refractivity contribution in [2.45, 2.75) is 20.1 Å². The Morgan fingerprint density at radius 2 is 1.77 bits per heavy atom. The van der Waals surface area contributed by atoms with Crippen molar-refractivity contribution in [1.82, 2.24) is 0 Å². The van der Waals surface area contributed by atoms with Crippen LogP contribution in [0.3, 0.4) is 0 Å². The molecule has 5 nitrogen and oxygen atoms in total. The summed E-state index contributed by atoms with van der Waals surface area (Å²) in [6.45, 7) is 2.35. The van der Waals surface area contributed by atoms with Gasteiger partial charge in [-0.3, -0.25) is 0 Å². The van der Waals surface area contributed by atoms with Crippen LogP contribution in [0.15, 0.2) is 48.5 Å². The first kappa shape index (κ1) is 22.7. The smallest absolute Gasteiger partial charge is 0.335 e. The van der Waals surface area contributed by atoms with Crippen LogP contribution in [-0.2, 0) is 13.2 Å². The molecule has 0 radical (unpaired) electrons. The molecule has 0 aromatic heterocycles. The van der Waals surface area contributed by atoms with Crippen LogP contribution < -0.4 is 14.8 Å². The molecule has 0 spiro atoms. The summed E-state index contributed by atoms with van der Waals surface area (Å²) in [5.41, 5.74) is 3.23. The van der Waals surface area contributed by atoms with Gasteiger partial charge in [0.25, 0.3) is 0 Å². The second-order valence-corrected chi connectivity index (χ2v) is 7.62. The minimum atomic E-state index is -0.972. The monoisotopic (exact) mass is 463 g/mol. The molecule has 3 aromatic rings.